The molecule has 0 spiro atoms. The number of amides is 1. The lowest BCUT2D eigenvalue weighted by molar-refractivity contribution is -0.125. The third-order valence-electron chi connectivity index (χ3n) is 4.99. The van der Waals surface area contributed by atoms with Gasteiger partial charge in [-0.2, -0.15) is 0 Å². The number of nitrogens with zero attached hydrogens (tertiary/aromatic N) is 1. The molecule has 1 amide bonds. The fourth-order valence-corrected chi connectivity index (χ4v) is 3.37. The van der Waals surface area contributed by atoms with E-state index in [1.54, 1.807) is 18.2 Å². The van der Waals surface area contributed by atoms with Crippen molar-refractivity contribution in [2.45, 2.75) is 39.5 Å². The Morgan fingerprint density at radius 1 is 1.15 bits per heavy atom. The zero-order valence-electron chi connectivity index (χ0n) is 15.8. The molecule has 1 atom stereocenters. The summed E-state index contributed by atoms with van der Waals surface area (Å²) in [5, 5.41) is 3.67. The van der Waals surface area contributed by atoms with Crippen molar-refractivity contribution in [2.24, 2.45) is 5.41 Å². The molecule has 0 fully saturated rings. The summed E-state index contributed by atoms with van der Waals surface area (Å²) in [6.07, 6.45) is 5.02. The van der Waals surface area contributed by atoms with Crippen molar-refractivity contribution in [3.05, 3.63) is 72.2 Å². The summed E-state index contributed by atoms with van der Waals surface area (Å²) in [5.74, 6) is -0.389. The number of unbranched alkanes of at least 4 members (excludes halogenated alkanes) is 1. The number of para-hydroxylation sites is 1. The molecule has 140 valence electrons. The molecule has 1 unspecified atom stereocenters. The van der Waals surface area contributed by atoms with Crippen molar-refractivity contribution in [1.29, 1.82) is 0 Å². The van der Waals surface area contributed by atoms with Crippen LogP contribution in [0.25, 0.3) is 10.9 Å². The van der Waals surface area contributed by atoms with E-state index in [0.29, 0.717) is 23.0 Å². The number of pyridine rings is 1. The lowest BCUT2D eigenvalue weighted by Gasteiger charge is -2.28. The summed E-state index contributed by atoms with van der Waals surface area (Å²) in [7, 11) is 0. The molecule has 1 aromatic heterocycles. The number of carbonyl (C=O) groups is 1. The SMILES string of the molecule is CCCCC(C)(Cc1ccccc1)C(=O)Nc1cnc2c(F)cccc2c1. The maximum absolute atomic E-state index is 13.8. The van der Waals surface area contributed by atoms with Crippen LogP contribution in [0.5, 0.6) is 0 Å². The minimum Gasteiger partial charge on any atom is -0.324 e. The van der Waals surface area contributed by atoms with Crippen molar-refractivity contribution in [2.75, 3.05) is 5.32 Å². The Labute approximate surface area is 159 Å². The van der Waals surface area contributed by atoms with Crippen molar-refractivity contribution in [3.63, 3.8) is 0 Å². The van der Waals surface area contributed by atoms with Gasteiger partial charge in [-0.05, 0) is 30.5 Å². The molecule has 0 radical (unpaired) electrons. The molecule has 0 bridgehead atoms. The van der Waals surface area contributed by atoms with Crippen LogP contribution in [0.1, 0.15) is 38.7 Å². The fourth-order valence-electron chi connectivity index (χ4n) is 3.37. The summed E-state index contributed by atoms with van der Waals surface area (Å²) in [6.45, 7) is 4.14. The second kappa shape index (κ2) is 8.30. The van der Waals surface area contributed by atoms with Crippen molar-refractivity contribution in [3.8, 4) is 0 Å². The highest BCUT2D eigenvalue weighted by Gasteiger charge is 2.33. The van der Waals surface area contributed by atoms with Crippen LogP contribution in [0.4, 0.5) is 10.1 Å². The second-order valence-electron chi connectivity index (χ2n) is 7.32. The van der Waals surface area contributed by atoms with Crippen molar-refractivity contribution < 1.29 is 9.18 Å². The third kappa shape index (κ3) is 4.51. The van der Waals surface area contributed by atoms with Gasteiger partial charge in [0.1, 0.15) is 11.3 Å². The number of anilines is 1. The summed E-state index contributed by atoms with van der Waals surface area (Å²) < 4.78 is 13.8. The van der Waals surface area contributed by atoms with Crippen molar-refractivity contribution >= 4 is 22.5 Å². The van der Waals surface area contributed by atoms with E-state index in [1.165, 1.54) is 12.3 Å². The number of aromatic nitrogens is 1. The number of halogens is 1. The molecule has 3 rings (SSSR count). The van der Waals surface area contributed by atoms with Crippen LogP contribution in [0.2, 0.25) is 0 Å². The van der Waals surface area contributed by atoms with Crippen LogP contribution >= 0.6 is 0 Å². The zero-order valence-corrected chi connectivity index (χ0v) is 15.8. The summed E-state index contributed by atoms with van der Waals surface area (Å²) in [4.78, 5) is 17.3. The molecule has 0 aliphatic carbocycles. The molecule has 0 saturated carbocycles. The van der Waals surface area contributed by atoms with Crippen LogP contribution < -0.4 is 5.32 Å². The van der Waals surface area contributed by atoms with E-state index < -0.39 is 5.41 Å². The molecule has 3 aromatic rings. The van der Waals surface area contributed by atoms with E-state index >= 15 is 0 Å². The molecular weight excluding hydrogens is 339 g/mol. The Morgan fingerprint density at radius 3 is 2.67 bits per heavy atom. The first-order valence-corrected chi connectivity index (χ1v) is 9.41. The van der Waals surface area contributed by atoms with Gasteiger partial charge in [0.15, 0.2) is 0 Å². The van der Waals surface area contributed by atoms with Crippen LogP contribution in [0, 0.1) is 11.2 Å². The molecule has 4 heteroatoms. The Hall–Kier alpha value is -2.75. The molecule has 0 aliphatic heterocycles. The first kappa shape index (κ1) is 19.0. The number of benzene rings is 2. The molecule has 27 heavy (non-hydrogen) atoms. The third-order valence-corrected chi connectivity index (χ3v) is 4.99. The van der Waals surface area contributed by atoms with Crippen molar-refractivity contribution in [1.82, 2.24) is 4.98 Å². The van der Waals surface area contributed by atoms with E-state index in [-0.39, 0.29) is 11.7 Å². The normalized spacial score (nSPS) is 13.3. The molecule has 1 heterocycles. The van der Waals surface area contributed by atoms with Gasteiger partial charge in [-0.15, -0.1) is 0 Å². The van der Waals surface area contributed by atoms with Crippen LogP contribution in [0.3, 0.4) is 0 Å². The summed E-state index contributed by atoms with van der Waals surface area (Å²) in [5.41, 5.74) is 1.53. The standard InChI is InChI=1S/C23H25FN2O/c1-3-4-13-23(2,15-17-9-6-5-7-10-17)22(27)26-19-14-18-11-8-12-20(24)21(18)25-16-19/h5-12,14,16H,3-4,13,15H2,1-2H3,(H,26,27). The Kier molecular flexibility index (Phi) is 5.84. The molecular formula is C23H25FN2O. The average Bonchev–Trinajstić information content (AvgIpc) is 2.67. The minimum absolute atomic E-state index is 0.0302. The molecule has 1 N–H and O–H groups in total. The highest BCUT2D eigenvalue weighted by atomic mass is 19.1. The lowest BCUT2D eigenvalue weighted by Crippen LogP contribution is -2.35. The Bertz CT molecular complexity index is 926. The van der Waals surface area contributed by atoms with E-state index in [4.69, 9.17) is 0 Å². The van der Waals surface area contributed by atoms with Gasteiger partial charge < -0.3 is 5.32 Å². The van der Waals surface area contributed by atoms with E-state index in [9.17, 15) is 9.18 Å². The number of fused-ring (bicyclic) bond motifs is 1. The van der Waals surface area contributed by atoms with Gasteiger partial charge in [0.2, 0.25) is 5.91 Å². The van der Waals surface area contributed by atoms with E-state index in [2.05, 4.69) is 29.4 Å². The number of rotatable bonds is 7. The number of nitrogens with one attached hydrogen (secondary N) is 1. The Balaban J connectivity index is 1.83. The number of carbonyl (C=O) groups excluding carboxylic acids is 1. The lowest BCUT2D eigenvalue weighted by atomic mass is 9.78. The van der Waals surface area contributed by atoms with E-state index in [1.807, 2.05) is 25.1 Å². The molecule has 3 nitrogen and oxygen atoms in total. The summed E-state index contributed by atoms with van der Waals surface area (Å²) >= 11 is 0. The predicted molar refractivity (Wildman–Crippen MR) is 108 cm³/mol. The van der Waals surface area contributed by atoms with Crippen LogP contribution in [-0.2, 0) is 11.2 Å². The monoisotopic (exact) mass is 364 g/mol. The predicted octanol–water partition coefficient (Wildman–Crippen LogP) is 5.75. The van der Waals surface area contributed by atoms with Gasteiger partial charge >= 0.3 is 0 Å². The second-order valence-corrected chi connectivity index (χ2v) is 7.32. The average molecular weight is 364 g/mol. The highest BCUT2D eigenvalue weighted by Crippen LogP contribution is 2.31. The first-order chi connectivity index (χ1) is 13.0. The van der Waals surface area contributed by atoms with Gasteiger partial charge in [0, 0.05) is 5.39 Å². The molecule has 0 aliphatic rings. The molecule has 0 saturated heterocycles. The highest BCUT2D eigenvalue weighted by molar-refractivity contribution is 5.96. The van der Waals surface area contributed by atoms with E-state index in [0.717, 1.165) is 24.8 Å². The van der Waals surface area contributed by atoms with Crippen LogP contribution in [-0.4, -0.2) is 10.9 Å². The van der Waals surface area contributed by atoms with Gasteiger partial charge in [0.25, 0.3) is 0 Å². The topological polar surface area (TPSA) is 42.0 Å². The smallest absolute Gasteiger partial charge is 0.230 e. The molecule has 2 aromatic carbocycles. The number of hydrogen-bond acceptors (Lipinski definition) is 2. The Morgan fingerprint density at radius 2 is 1.93 bits per heavy atom. The largest absolute Gasteiger partial charge is 0.324 e. The zero-order chi connectivity index (χ0) is 19.3. The first-order valence-electron chi connectivity index (χ1n) is 9.41. The maximum atomic E-state index is 13.8. The number of hydrogen-bond donors (Lipinski definition) is 1. The van der Waals surface area contributed by atoms with Gasteiger partial charge in [0.05, 0.1) is 17.3 Å². The van der Waals surface area contributed by atoms with Gasteiger partial charge in [-0.3, -0.25) is 9.78 Å². The minimum atomic E-state index is -0.520. The van der Waals surface area contributed by atoms with Crippen LogP contribution in [0.15, 0.2) is 60.8 Å². The van der Waals surface area contributed by atoms with Gasteiger partial charge in [-0.1, -0.05) is 69.2 Å². The maximum Gasteiger partial charge on any atom is 0.230 e. The van der Waals surface area contributed by atoms with Gasteiger partial charge in [-0.25, -0.2) is 4.39 Å². The quantitative estimate of drug-likeness (QED) is 0.580. The fraction of sp³-hybridized carbons (Fsp3) is 0.304. The summed E-state index contributed by atoms with van der Waals surface area (Å²) in [6, 6.07) is 16.7.